The normalized spacial score (nSPS) is 11.7. The first kappa shape index (κ1) is 18.8. The summed E-state index contributed by atoms with van der Waals surface area (Å²) in [5.41, 5.74) is 1.28. The van der Waals surface area contributed by atoms with Crippen LogP contribution in [0.2, 0.25) is 0 Å². The van der Waals surface area contributed by atoms with Gasteiger partial charge in [-0.05, 0) is 0 Å². The molecule has 1 rings (SSSR count). The fourth-order valence-corrected chi connectivity index (χ4v) is 7.12. The van der Waals surface area contributed by atoms with E-state index in [2.05, 4.69) is 33.2 Å². The van der Waals surface area contributed by atoms with E-state index < -0.39 is 0 Å². The van der Waals surface area contributed by atoms with Crippen molar-refractivity contribution in [3.8, 4) is 0 Å². The summed E-state index contributed by atoms with van der Waals surface area (Å²) in [5.74, 6) is 1.17. The molecule has 2 atom stereocenters. The number of hydrogen-bond donors (Lipinski definition) is 0. The minimum Gasteiger partial charge on any atom is -0.0622 e. The van der Waals surface area contributed by atoms with Crippen LogP contribution >= 0.6 is 14.8 Å². The standard InChI is InChI=1S/C16H28IOP2/c19-20-17-13-9-4-2-1-3-5-10-14-18-15-16-11-7-6-8-12-16/h6-8,11-12,20H,1-5,9-10,13-15,19H2/q-1. The Morgan fingerprint density at radius 2 is 1.55 bits per heavy atom. The average molecular weight is 425 g/mol. The van der Waals surface area contributed by atoms with Crippen LogP contribution in [0.1, 0.15) is 50.5 Å². The van der Waals surface area contributed by atoms with E-state index in [0.717, 1.165) is 13.2 Å². The summed E-state index contributed by atoms with van der Waals surface area (Å²) in [7, 11) is 2.89. The van der Waals surface area contributed by atoms with Crippen molar-refractivity contribution in [1.82, 2.24) is 0 Å². The molecule has 0 spiro atoms. The van der Waals surface area contributed by atoms with Gasteiger partial charge in [0.2, 0.25) is 0 Å². The van der Waals surface area contributed by atoms with Crippen molar-refractivity contribution in [2.45, 2.75) is 51.6 Å². The van der Waals surface area contributed by atoms with E-state index in [1.807, 2.05) is 6.07 Å². The Bertz CT molecular complexity index is 309. The average Bonchev–Trinajstić information content (AvgIpc) is 2.49. The van der Waals surface area contributed by atoms with Gasteiger partial charge in [-0.2, -0.15) is 0 Å². The summed E-state index contributed by atoms with van der Waals surface area (Å²) in [6.07, 6.45) is 9.72. The smallest absolute Gasteiger partial charge is 0.0622 e. The van der Waals surface area contributed by atoms with Gasteiger partial charge in [-0.15, -0.1) is 0 Å². The van der Waals surface area contributed by atoms with Crippen molar-refractivity contribution in [2.75, 3.05) is 11.0 Å². The monoisotopic (exact) mass is 425 g/mol. The van der Waals surface area contributed by atoms with E-state index in [1.165, 1.54) is 60.8 Å². The molecule has 0 aliphatic rings. The molecule has 0 aliphatic carbocycles. The van der Waals surface area contributed by atoms with Crippen LogP contribution in [0, 0.1) is 0 Å². The molecule has 0 amide bonds. The first-order valence-corrected chi connectivity index (χ1v) is 15.0. The van der Waals surface area contributed by atoms with Gasteiger partial charge >= 0.3 is 108 Å². The summed E-state index contributed by atoms with van der Waals surface area (Å²) in [6, 6.07) is 10.4. The van der Waals surface area contributed by atoms with Crippen molar-refractivity contribution in [3.63, 3.8) is 0 Å². The van der Waals surface area contributed by atoms with Crippen molar-refractivity contribution >= 4 is 14.8 Å². The van der Waals surface area contributed by atoms with Gasteiger partial charge in [-0.1, -0.05) is 30.3 Å². The zero-order valence-electron chi connectivity index (χ0n) is 12.3. The van der Waals surface area contributed by atoms with Crippen LogP contribution in [-0.2, 0) is 11.3 Å². The minimum atomic E-state index is 0.546. The van der Waals surface area contributed by atoms with Crippen molar-refractivity contribution < 1.29 is 25.4 Å². The van der Waals surface area contributed by atoms with E-state index in [1.54, 1.807) is 0 Å². The van der Waals surface area contributed by atoms with Crippen LogP contribution < -0.4 is 20.7 Å². The van der Waals surface area contributed by atoms with Gasteiger partial charge in [0, 0.05) is 0 Å². The molecule has 0 radical (unpaired) electrons. The molecular weight excluding hydrogens is 397 g/mol. The predicted molar refractivity (Wildman–Crippen MR) is 91.3 cm³/mol. The SMILES string of the molecule is PP[I-]CCCCCCCCCOCc1ccccc1. The third-order valence-corrected chi connectivity index (χ3v) is 10.4. The molecule has 20 heavy (non-hydrogen) atoms. The Hall–Kier alpha value is 0.770. The minimum absolute atomic E-state index is 0.546. The van der Waals surface area contributed by atoms with E-state index in [9.17, 15) is 0 Å². The third-order valence-electron chi connectivity index (χ3n) is 3.21. The zero-order chi connectivity index (χ0) is 14.3. The van der Waals surface area contributed by atoms with Crippen LogP contribution in [0.3, 0.4) is 0 Å². The van der Waals surface area contributed by atoms with Crippen LogP contribution in [0.4, 0.5) is 0 Å². The molecule has 1 aromatic carbocycles. The summed E-state index contributed by atoms with van der Waals surface area (Å²) >= 11 is 0.546. The molecule has 0 bridgehead atoms. The number of rotatable bonds is 13. The number of alkyl halides is 1. The summed E-state index contributed by atoms with van der Waals surface area (Å²) < 4.78 is 7.23. The van der Waals surface area contributed by atoms with Crippen molar-refractivity contribution in [3.05, 3.63) is 35.9 Å². The number of benzene rings is 1. The molecule has 0 aromatic heterocycles. The second-order valence-electron chi connectivity index (χ2n) is 4.94. The van der Waals surface area contributed by atoms with E-state index >= 15 is 0 Å². The zero-order valence-corrected chi connectivity index (χ0v) is 16.6. The Balaban J connectivity index is 1.77. The topological polar surface area (TPSA) is 9.23 Å². The molecule has 2 unspecified atom stereocenters. The Kier molecular flexibility index (Phi) is 13.8. The molecule has 0 fully saturated rings. The third kappa shape index (κ3) is 11.4. The first-order valence-electron chi connectivity index (χ1n) is 7.59. The fraction of sp³-hybridized carbons (Fsp3) is 0.625. The van der Waals surface area contributed by atoms with Gasteiger partial charge in [-0.3, -0.25) is 0 Å². The molecule has 0 heterocycles. The van der Waals surface area contributed by atoms with Crippen LogP contribution in [-0.4, -0.2) is 11.0 Å². The van der Waals surface area contributed by atoms with E-state index in [4.69, 9.17) is 4.74 Å². The fourth-order valence-electron chi connectivity index (χ4n) is 2.07. The summed E-state index contributed by atoms with van der Waals surface area (Å²) in [5, 5.41) is 0. The molecule has 1 nitrogen and oxygen atoms in total. The van der Waals surface area contributed by atoms with Gasteiger partial charge in [-0.25, -0.2) is 0 Å². The summed E-state index contributed by atoms with van der Waals surface area (Å²) in [4.78, 5) is 0. The maximum absolute atomic E-state index is 5.69. The second-order valence-corrected chi connectivity index (χ2v) is 15.1. The van der Waals surface area contributed by atoms with Crippen LogP contribution in [0.5, 0.6) is 0 Å². The van der Waals surface area contributed by atoms with Crippen LogP contribution in [0.25, 0.3) is 0 Å². The predicted octanol–water partition coefficient (Wildman–Crippen LogP) is 2.41. The molecule has 0 aliphatic heterocycles. The Morgan fingerprint density at radius 3 is 2.25 bits per heavy atom. The molecule has 0 saturated heterocycles. The number of hydrogen-bond acceptors (Lipinski definition) is 1. The molecule has 116 valence electrons. The van der Waals surface area contributed by atoms with E-state index in [-0.39, 0.29) is 0 Å². The number of ether oxygens (including phenoxy) is 1. The van der Waals surface area contributed by atoms with Gasteiger partial charge in [0.1, 0.15) is 0 Å². The van der Waals surface area contributed by atoms with Crippen molar-refractivity contribution in [2.24, 2.45) is 0 Å². The van der Waals surface area contributed by atoms with Gasteiger partial charge in [0.05, 0.1) is 0 Å². The molecule has 0 saturated carbocycles. The first-order chi connectivity index (χ1) is 9.93. The van der Waals surface area contributed by atoms with Gasteiger partial charge in [0.25, 0.3) is 0 Å². The van der Waals surface area contributed by atoms with E-state index in [0.29, 0.717) is 20.7 Å². The van der Waals surface area contributed by atoms with Gasteiger partial charge < -0.3 is 0 Å². The number of unbranched alkanes of at least 4 members (excludes halogenated alkanes) is 6. The van der Waals surface area contributed by atoms with Crippen molar-refractivity contribution in [1.29, 1.82) is 0 Å². The van der Waals surface area contributed by atoms with Crippen LogP contribution in [0.15, 0.2) is 30.3 Å². The second kappa shape index (κ2) is 14.7. The quantitative estimate of drug-likeness (QED) is 0.204. The Labute approximate surface area is 138 Å². The molecule has 4 heteroatoms. The molecule has 0 N–H and O–H groups in total. The van der Waals surface area contributed by atoms with Gasteiger partial charge in [0.15, 0.2) is 0 Å². The molecular formula is C16H28IOP2-. The summed E-state index contributed by atoms with van der Waals surface area (Å²) in [6.45, 7) is 1.68. The molecule has 1 aromatic rings. The maximum atomic E-state index is 5.69. The Morgan fingerprint density at radius 1 is 0.900 bits per heavy atom. The number of halogens is 1.